The first-order chi connectivity index (χ1) is 5.70. The van der Waals surface area contributed by atoms with Crippen molar-refractivity contribution in [3.63, 3.8) is 0 Å². The van der Waals surface area contributed by atoms with E-state index in [-0.39, 0.29) is 6.04 Å². The second kappa shape index (κ2) is 3.85. The molecule has 1 unspecified atom stereocenters. The van der Waals surface area contributed by atoms with Gasteiger partial charge in [-0.25, -0.2) is 0 Å². The van der Waals surface area contributed by atoms with Crippen molar-refractivity contribution in [2.75, 3.05) is 0 Å². The average Bonchev–Trinajstić information content (AvgIpc) is 2.05. The number of amidine groups is 1. The minimum absolute atomic E-state index is 0.123. The lowest BCUT2D eigenvalue weighted by atomic mass is 10.1. The molecule has 1 rings (SSSR count). The number of nitrogens with zero attached hydrogens (tertiary/aromatic N) is 2. The van der Waals surface area contributed by atoms with Gasteiger partial charge in [-0.3, -0.25) is 9.98 Å². The Morgan fingerprint density at radius 2 is 2.08 bits per heavy atom. The van der Waals surface area contributed by atoms with Crippen LogP contribution in [0.3, 0.4) is 0 Å². The summed E-state index contributed by atoms with van der Waals surface area (Å²) in [6.45, 7) is 3.80. The average molecular weight is 163 g/mol. The molecule has 1 aromatic rings. The maximum Gasteiger partial charge on any atom is 0.0913 e. The highest BCUT2D eigenvalue weighted by Gasteiger charge is 2.00. The molecule has 0 aliphatic carbocycles. The summed E-state index contributed by atoms with van der Waals surface area (Å²) >= 11 is 0. The van der Waals surface area contributed by atoms with Gasteiger partial charge in [0.05, 0.1) is 11.9 Å². The van der Waals surface area contributed by atoms with Gasteiger partial charge in [0, 0.05) is 12.4 Å². The molecule has 0 spiro atoms. The highest BCUT2D eigenvalue weighted by molar-refractivity contribution is 5.77. The van der Waals surface area contributed by atoms with Crippen LogP contribution in [0.4, 0.5) is 0 Å². The van der Waals surface area contributed by atoms with E-state index >= 15 is 0 Å². The SMILES string of the molecule is CC(N)=NC(C)c1ccncc1. The lowest BCUT2D eigenvalue weighted by Crippen LogP contribution is -2.07. The minimum Gasteiger partial charge on any atom is -0.388 e. The molecule has 1 heterocycles. The Hall–Kier alpha value is -1.38. The van der Waals surface area contributed by atoms with Gasteiger partial charge in [0.1, 0.15) is 0 Å². The summed E-state index contributed by atoms with van der Waals surface area (Å²) in [5, 5.41) is 0. The van der Waals surface area contributed by atoms with Crippen molar-refractivity contribution < 1.29 is 0 Å². The van der Waals surface area contributed by atoms with Gasteiger partial charge >= 0.3 is 0 Å². The first-order valence-electron chi connectivity index (χ1n) is 3.90. The van der Waals surface area contributed by atoms with Crippen LogP contribution in [-0.2, 0) is 0 Å². The van der Waals surface area contributed by atoms with Crippen LogP contribution in [0.25, 0.3) is 0 Å². The molecule has 0 bridgehead atoms. The number of pyridine rings is 1. The lowest BCUT2D eigenvalue weighted by molar-refractivity contribution is 0.814. The number of aliphatic imine (C=N–C) groups is 1. The molecule has 2 N–H and O–H groups in total. The molecule has 64 valence electrons. The number of hydrogen-bond donors (Lipinski definition) is 1. The summed E-state index contributed by atoms with van der Waals surface area (Å²) in [5.41, 5.74) is 6.60. The van der Waals surface area contributed by atoms with E-state index in [1.54, 1.807) is 19.3 Å². The molecule has 0 aromatic carbocycles. The van der Waals surface area contributed by atoms with E-state index in [0.717, 1.165) is 5.56 Å². The first kappa shape index (κ1) is 8.71. The number of aromatic nitrogens is 1. The molecule has 3 heteroatoms. The van der Waals surface area contributed by atoms with Crippen molar-refractivity contribution in [1.29, 1.82) is 0 Å². The third kappa shape index (κ3) is 2.34. The van der Waals surface area contributed by atoms with Crippen molar-refractivity contribution in [2.24, 2.45) is 10.7 Å². The summed E-state index contributed by atoms with van der Waals surface area (Å²) in [7, 11) is 0. The maximum atomic E-state index is 5.47. The Morgan fingerprint density at radius 1 is 1.50 bits per heavy atom. The molecule has 0 fully saturated rings. The third-order valence-corrected chi connectivity index (χ3v) is 1.59. The largest absolute Gasteiger partial charge is 0.388 e. The van der Waals surface area contributed by atoms with Gasteiger partial charge in [0.25, 0.3) is 0 Å². The molecule has 0 saturated heterocycles. The van der Waals surface area contributed by atoms with Crippen molar-refractivity contribution in [3.05, 3.63) is 30.1 Å². The molecule has 3 nitrogen and oxygen atoms in total. The van der Waals surface area contributed by atoms with Crippen LogP contribution in [0, 0.1) is 0 Å². The Kier molecular flexibility index (Phi) is 2.80. The van der Waals surface area contributed by atoms with E-state index in [1.165, 1.54) is 0 Å². The molecule has 1 atom stereocenters. The van der Waals surface area contributed by atoms with Crippen molar-refractivity contribution in [3.8, 4) is 0 Å². The summed E-state index contributed by atoms with van der Waals surface area (Å²) in [6.07, 6.45) is 3.51. The highest BCUT2D eigenvalue weighted by atomic mass is 14.9. The first-order valence-corrected chi connectivity index (χ1v) is 3.90. The van der Waals surface area contributed by atoms with E-state index < -0.39 is 0 Å². The molecule has 0 amide bonds. The smallest absolute Gasteiger partial charge is 0.0913 e. The molecule has 0 radical (unpaired) electrons. The van der Waals surface area contributed by atoms with Crippen LogP contribution in [0.2, 0.25) is 0 Å². The van der Waals surface area contributed by atoms with E-state index in [9.17, 15) is 0 Å². The Labute approximate surface area is 72.3 Å². The fourth-order valence-electron chi connectivity index (χ4n) is 1.02. The van der Waals surface area contributed by atoms with Crippen LogP contribution < -0.4 is 5.73 Å². The quantitative estimate of drug-likeness (QED) is 0.531. The van der Waals surface area contributed by atoms with Crippen LogP contribution in [0.1, 0.15) is 25.5 Å². The molecule has 0 aliphatic rings. The second-order valence-corrected chi connectivity index (χ2v) is 2.73. The Bertz CT molecular complexity index is 262. The fraction of sp³-hybridized carbons (Fsp3) is 0.333. The number of hydrogen-bond acceptors (Lipinski definition) is 2. The van der Waals surface area contributed by atoms with Crippen LogP contribution in [0.5, 0.6) is 0 Å². The summed E-state index contributed by atoms with van der Waals surface area (Å²) in [4.78, 5) is 8.14. The summed E-state index contributed by atoms with van der Waals surface area (Å²) < 4.78 is 0. The highest BCUT2D eigenvalue weighted by Crippen LogP contribution is 2.14. The molecular weight excluding hydrogens is 150 g/mol. The minimum atomic E-state index is 0.123. The molecule has 1 aromatic heterocycles. The van der Waals surface area contributed by atoms with E-state index in [1.807, 2.05) is 19.1 Å². The van der Waals surface area contributed by atoms with E-state index in [0.29, 0.717) is 5.84 Å². The zero-order valence-corrected chi connectivity index (χ0v) is 7.36. The molecule has 0 saturated carbocycles. The van der Waals surface area contributed by atoms with Crippen LogP contribution in [-0.4, -0.2) is 10.8 Å². The van der Waals surface area contributed by atoms with Crippen molar-refractivity contribution >= 4 is 5.84 Å². The van der Waals surface area contributed by atoms with E-state index in [2.05, 4.69) is 9.98 Å². The van der Waals surface area contributed by atoms with Gasteiger partial charge in [-0.2, -0.15) is 0 Å². The number of nitrogens with two attached hydrogens (primary N) is 1. The van der Waals surface area contributed by atoms with Gasteiger partial charge in [-0.15, -0.1) is 0 Å². The Balaban J connectivity index is 2.79. The van der Waals surface area contributed by atoms with Gasteiger partial charge < -0.3 is 5.73 Å². The molecule has 0 aliphatic heterocycles. The monoisotopic (exact) mass is 163 g/mol. The van der Waals surface area contributed by atoms with Crippen LogP contribution in [0.15, 0.2) is 29.5 Å². The fourth-order valence-corrected chi connectivity index (χ4v) is 1.02. The predicted molar refractivity (Wildman–Crippen MR) is 49.9 cm³/mol. The third-order valence-electron chi connectivity index (χ3n) is 1.59. The zero-order chi connectivity index (χ0) is 8.97. The lowest BCUT2D eigenvalue weighted by Gasteiger charge is -2.05. The summed E-state index contributed by atoms with van der Waals surface area (Å²) in [6, 6.07) is 4.01. The normalized spacial score (nSPS) is 14.3. The molecule has 12 heavy (non-hydrogen) atoms. The summed E-state index contributed by atoms with van der Waals surface area (Å²) in [5.74, 6) is 0.610. The topological polar surface area (TPSA) is 51.3 Å². The second-order valence-electron chi connectivity index (χ2n) is 2.73. The van der Waals surface area contributed by atoms with Crippen molar-refractivity contribution in [1.82, 2.24) is 4.98 Å². The molecular formula is C9H13N3. The maximum absolute atomic E-state index is 5.47. The van der Waals surface area contributed by atoms with Gasteiger partial charge in [0.2, 0.25) is 0 Å². The van der Waals surface area contributed by atoms with Gasteiger partial charge in [0.15, 0.2) is 0 Å². The van der Waals surface area contributed by atoms with Crippen LogP contribution >= 0.6 is 0 Å². The Morgan fingerprint density at radius 3 is 2.58 bits per heavy atom. The number of rotatable bonds is 2. The standard InChI is InChI=1S/C9H13N3/c1-7(12-8(2)10)9-3-5-11-6-4-9/h3-7H,1-2H3,(H2,10,12). The van der Waals surface area contributed by atoms with Crippen molar-refractivity contribution in [2.45, 2.75) is 19.9 Å². The zero-order valence-electron chi connectivity index (χ0n) is 7.36. The van der Waals surface area contributed by atoms with E-state index in [4.69, 9.17) is 5.73 Å². The van der Waals surface area contributed by atoms with Gasteiger partial charge in [-0.1, -0.05) is 0 Å². The van der Waals surface area contributed by atoms with Gasteiger partial charge in [-0.05, 0) is 31.5 Å². The predicted octanol–water partition coefficient (Wildman–Crippen LogP) is 1.52.